The second kappa shape index (κ2) is 8.73. The number of aromatic hydroxyl groups is 1. The van der Waals surface area contributed by atoms with Crippen molar-refractivity contribution in [2.24, 2.45) is 0 Å². The summed E-state index contributed by atoms with van der Waals surface area (Å²) in [5.74, 6) is 0.613. The Hall–Kier alpha value is -1.74. The standard InChI is InChI=1S/C19H15BrClNO4S2/c1-3-26-15-7-10(6-12(20)17(15)23)8-16-18(24)22(19(27)28-16)11-4-5-14(25-2)13(21)9-11/h4-9,23H,3H2,1-2H3/b16-8+. The number of rotatable bonds is 5. The maximum Gasteiger partial charge on any atom is 0.270 e. The zero-order valence-electron chi connectivity index (χ0n) is 14.9. The van der Waals surface area contributed by atoms with Crippen LogP contribution in [0.5, 0.6) is 17.2 Å². The molecular formula is C19H15BrClNO4S2. The first-order valence-corrected chi connectivity index (χ1v) is 10.5. The first-order chi connectivity index (χ1) is 13.3. The van der Waals surface area contributed by atoms with Gasteiger partial charge in [-0.15, -0.1) is 0 Å². The smallest absolute Gasteiger partial charge is 0.270 e. The summed E-state index contributed by atoms with van der Waals surface area (Å²) < 4.78 is 11.5. The molecule has 0 unspecified atom stereocenters. The molecule has 1 N–H and O–H groups in total. The van der Waals surface area contributed by atoms with Gasteiger partial charge in [0.1, 0.15) is 5.75 Å². The van der Waals surface area contributed by atoms with Gasteiger partial charge in [0, 0.05) is 0 Å². The SMILES string of the molecule is CCOc1cc(/C=C2/SC(=S)N(c3ccc(OC)c(Cl)c3)C2=O)cc(Br)c1O. The number of thiocarbonyl (C=S) groups is 1. The van der Waals surface area contributed by atoms with Gasteiger partial charge in [-0.05, 0) is 64.8 Å². The highest BCUT2D eigenvalue weighted by Crippen LogP contribution is 2.40. The molecule has 3 rings (SSSR count). The Labute approximate surface area is 185 Å². The van der Waals surface area contributed by atoms with Gasteiger partial charge >= 0.3 is 0 Å². The lowest BCUT2D eigenvalue weighted by molar-refractivity contribution is -0.113. The molecule has 0 radical (unpaired) electrons. The van der Waals surface area contributed by atoms with E-state index in [-0.39, 0.29) is 11.7 Å². The Balaban J connectivity index is 1.94. The summed E-state index contributed by atoms with van der Waals surface area (Å²) in [6.45, 7) is 2.23. The van der Waals surface area contributed by atoms with Crippen LogP contribution in [0.3, 0.4) is 0 Å². The van der Waals surface area contributed by atoms with Crippen LogP contribution in [0.1, 0.15) is 12.5 Å². The number of hydrogen-bond acceptors (Lipinski definition) is 6. The second-order valence-corrected chi connectivity index (χ2v) is 8.56. The van der Waals surface area contributed by atoms with Crippen LogP contribution in [0.25, 0.3) is 6.08 Å². The van der Waals surface area contributed by atoms with Gasteiger partial charge in [-0.3, -0.25) is 9.69 Å². The minimum absolute atomic E-state index is 0.0134. The quantitative estimate of drug-likeness (QED) is 0.425. The molecule has 28 heavy (non-hydrogen) atoms. The van der Waals surface area contributed by atoms with E-state index in [1.54, 1.807) is 36.4 Å². The van der Waals surface area contributed by atoms with Gasteiger partial charge in [0.15, 0.2) is 15.8 Å². The molecule has 1 aliphatic heterocycles. The van der Waals surface area contributed by atoms with Gasteiger partial charge < -0.3 is 14.6 Å². The highest BCUT2D eigenvalue weighted by molar-refractivity contribution is 9.10. The van der Waals surface area contributed by atoms with Crippen LogP contribution in [0, 0.1) is 0 Å². The summed E-state index contributed by atoms with van der Waals surface area (Å²) in [6.07, 6.45) is 1.71. The molecule has 2 aromatic carbocycles. The number of amides is 1. The van der Waals surface area contributed by atoms with Crippen molar-refractivity contribution >= 4 is 73.5 Å². The lowest BCUT2D eigenvalue weighted by atomic mass is 10.2. The van der Waals surface area contributed by atoms with Crippen molar-refractivity contribution < 1.29 is 19.4 Å². The Kier molecular flexibility index (Phi) is 6.54. The summed E-state index contributed by atoms with van der Waals surface area (Å²) >= 11 is 16.1. The monoisotopic (exact) mass is 499 g/mol. The first-order valence-electron chi connectivity index (χ1n) is 8.12. The van der Waals surface area contributed by atoms with Gasteiger partial charge in [-0.2, -0.15) is 0 Å². The van der Waals surface area contributed by atoms with Crippen LogP contribution >= 0.6 is 51.5 Å². The molecule has 146 valence electrons. The van der Waals surface area contributed by atoms with E-state index in [2.05, 4.69) is 15.9 Å². The third-order valence-electron chi connectivity index (χ3n) is 3.84. The fraction of sp³-hybridized carbons (Fsp3) is 0.158. The minimum atomic E-state index is -0.251. The van der Waals surface area contributed by atoms with Crippen LogP contribution in [0.4, 0.5) is 5.69 Å². The number of nitrogens with zero attached hydrogens (tertiary/aromatic N) is 1. The van der Waals surface area contributed by atoms with Gasteiger partial charge in [-0.1, -0.05) is 35.6 Å². The molecule has 5 nitrogen and oxygen atoms in total. The zero-order valence-corrected chi connectivity index (χ0v) is 18.8. The third kappa shape index (κ3) is 4.15. The molecule has 0 bridgehead atoms. The highest BCUT2D eigenvalue weighted by atomic mass is 79.9. The van der Waals surface area contributed by atoms with Crippen molar-refractivity contribution in [3.63, 3.8) is 0 Å². The number of anilines is 1. The molecule has 1 heterocycles. The number of hydrogen-bond donors (Lipinski definition) is 1. The lowest BCUT2D eigenvalue weighted by Crippen LogP contribution is -2.27. The van der Waals surface area contributed by atoms with Crippen LogP contribution < -0.4 is 14.4 Å². The lowest BCUT2D eigenvalue weighted by Gasteiger charge is -2.15. The fourth-order valence-corrected chi connectivity index (χ4v) is 4.59. The molecule has 0 atom stereocenters. The fourth-order valence-electron chi connectivity index (χ4n) is 2.58. The number of thioether (sulfide) groups is 1. The topological polar surface area (TPSA) is 59.0 Å². The van der Waals surface area contributed by atoms with Crippen LogP contribution in [-0.2, 0) is 4.79 Å². The normalized spacial score (nSPS) is 15.4. The highest BCUT2D eigenvalue weighted by Gasteiger charge is 2.33. The summed E-state index contributed by atoms with van der Waals surface area (Å²) in [7, 11) is 1.52. The van der Waals surface area contributed by atoms with Gasteiger partial charge in [0.25, 0.3) is 5.91 Å². The number of benzene rings is 2. The average Bonchev–Trinajstić information content (AvgIpc) is 2.92. The second-order valence-electron chi connectivity index (χ2n) is 5.62. The predicted octanol–water partition coefficient (Wildman–Crippen LogP) is 5.62. The number of ether oxygens (including phenoxy) is 2. The molecule has 1 saturated heterocycles. The van der Waals surface area contributed by atoms with E-state index in [4.69, 9.17) is 33.3 Å². The summed E-state index contributed by atoms with van der Waals surface area (Å²) in [4.78, 5) is 14.8. The molecule has 1 aliphatic rings. The number of carbonyl (C=O) groups is 1. The Morgan fingerprint density at radius 2 is 2.07 bits per heavy atom. The molecule has 2 aromatic rings. The predicted molar refractivity (Wildman–Crippen MR) is 121 cm³/mol. The molecule has 0 aromatic heterocycles. The summed E-state index contributed by atoms with van der Waals surface area (Å²) in [6, 6.07) is 8.42. The largest absolute Gasteiger partial charge is 0.503 e. The van der Waals surface area contributed by atoms with Crippen LogP contribution in [0.2, 0.25) is 5.02 Å². The maximum absolute atomic E-state index is 12.9. The van der Waals surface area contributed by atoms with Crippen molar-refractivity contribution in [2.45, 2.75) is 6.92 Å². The van der Waals surface area contributed by atoms with E-state index < -0.39 is 0 Å². The van der Waals surface area contributed by atoms with E-state index in [0.717, 1.165) is 0 Å². The number of carbonyl (C=O) groups excluding carboxylic acids is 1. The first kappa shape index (κ1) is 21.0. The molecule has 0 aliphatic carbocycles. The van der Waals surface area contributed by atoms with Crippen molar-refractivity contribution in [1.82, 2.24) is 0 Å². The molecule has 0 spiro atoms. The van der Waals surface area contributed by atoms with E-state index in [1.807, 2.05) is 6.92 Å². The van der Waals surface area contributed by atoms with Gasteiger partial charge in [0.05, 0.1) is 33.8 Å². The molecule has 1 amide bonds. The van der Waals surface area contributed by atoms with Crippen LogP contribution in [0.15, 0.2) is 39.7 Å². The number of phenolic OH excluding ortho intramolecular Hbond substituents is 1. The summed E-state index contributed by atoms with van der Waals surface area (Å²) in [5.41, 5.74) is 1.26. The van der Waals surface area contributed by atoms with E-state index in [0.29, 0.717) is 48.1 Å². The van der Waals surface area contributed by atoms with Crippen molar-refractivity contribution in [1.29, 1.82) is 0 Å². The number of halogens is 2. The Morgan fingerprint density at radius 1 is 1.32 bits per heavy atom. The van der Waals surface area contributed by atoms with E-state index >= 15 is 0 Å². The molecular weight excluding hydrogens is 486 g/mol. The number of phenols is 1. The Morgan fingerprint density at radius 3 is 2.71 bits per heavy atom. The minimum Gasteiger partial charge on any atom is -0.503 e. The maximum atomic E-state index is 12.9. The van der Waals surface area contributed by atoms with Crippen molar-refractivity contribution in [2.75, 3.05) is 18.6 Å². The molecule has 1 fully saturated rings. The van der Waals surface area contributed by atoms with Gasteiger partial charge in [-0.25, -0.2) is 0 Å². The van der Waals surface area contributed by atoms with Crippen LogP contribution in [-0.4, -0.2) is 29.1 Å². The zero-order chi connectivity index (χ0) is 20.4. The average molecular weight is 501 g/mol. The number of methoxy groups -OCH3 is 1. The van der Waals surface area contributed by atoms with Gasteiger partial charge in [0.2, 0.25) is 0 Å². The molecule has 9 heteroatoms. The van der Waals surface area contributed by atoms with E-state index in [1.165, 1.54) is 23.8 Å². The summed E-state index contributed by atoms with van der Waals surface area (Å²) in [5, 5.41) is 10.4. The Bertz CT molecular complexity index is 996. The van der Waals surface area contributed by atoms with E-state index in [9.17, 15) is 9.90 Å². The van der Waals surface area contributed by atoms with Crippen molar-refractivity contribution in [3.8, 4) is 17.2 Å². The molecule has 0 saturated carbocycles. The third-order valence-corrected chi connectivity index (χ3v) is 6.04. The van der Waals surface area contributed by atoms with Crippen molar-refractivity contribution in [3.05, 3.63) is 50.3 Å².